The van der Waals surface area contributed by atoms with Gasteiger partial charge in [-0.1, -0.05) is 12.1 Å². The number of anilines is 1. The molecular formula is C27H33F3N6O2. The number of amides is 1. The highest BCUT2D eigenvalue weighted by Crippen LogP contribution is 2.36. The fraction of sp³-hybridized carbons (Fsp3) is 0.519. The van der Waals surface area contributed by atoms with E-state index in [0.717, 1.165) is 44.5 Å². The van der Waals surface area contributed by atoms with E-state index in [4.69, 9.17) is 0 Å². The van der Waals surface area contributed by atoms with E-state index < -0.39 is 12.3 Å². The number of pyridine rings is 1. The highest BCUT2D eigenvalue weighted by molar-refractivity contribution is 5.92. The van der Waals surface area contributed by atoms with Crippen molar-refractivity contribution in [2.24, 2.45) is 7.05 Å². The zero-order chi connectivity index (χ0) is 27.0. The maximum absolute atomic E-state index is 13.0. The number of benzene rings is 1. The lowest BCUT2D eigenvalue weighted by Gasteiger charge is -2.46. The van der Waals surface area contributed by atoms with E-state index in [1.54, 1.807) is 7.05 Å². The monoisotopic (exact) mass is 530 g/mol. The predicted molar refractivity (Wildman–Crippen MR) is 138 cm³/mol. The summed E-state index contributed by atoms with van der Waals surface area (Å²) in [7, 11) is 1.67. The Morgan fingerprint density at radius 3 is 2.55 bits per heavy atom. The molecule has 0 spiro atoms. The van der Waals surface area contributed by atoms with Crippen molar-refractivity contribution in [3.05, 3.63) is 53.3 Å². The third-order valence-corrected chi connectivity index (χ3v) is 7.81. The topological polar surface area (TPSA) is 95.3 Å². The molecule has 11 heteroatoms. The van der Waals surface area contributed by atoms with E-state index in [1.807, 2.05) is 13.1 Å². The fourth-order valence-electron chi connectivity index (χ4n) is 5.61. The summed E-state index contributed by atoms with van der Waals surface area (Å²) in [6.07, 6.45) is -0.782. The lowest BCUT2D eigenvalue weighted by molar-refractivity contribution is -0.206. The van der Waals surface area contributed by atoms with Gasteiger partial charge < -0.3 is 15.7 Å². The molecule has 1 amide bonds. The van der Waals surface area contributed by atoms with Gasteiger partial charge in [-0.25, -0.2) is 0 Å². The average Bonchev–Trinajstić information content (AvgIpc) is 3.19. The normalized spacial score (nSPS) is 21.7. The highest BCUT2D eigenvalue weighted by Gasteiger charge is 2.39. The minimum absolute atomic E-state index is 0.0512. The minimum Gasteiger partial charge on any atom is -0.379 e. The van der Waals surface area contributed by atoms with Crippen LogP contribution in [0, 0.1) is 6.92 Å². The van der Waals surface area contributed by atoms with E-state index in [2.05, 4.69) is 37.7 Å². The van der Waals surface area contributed by atoms with Crippen LogP contribution >= 0.6 is 0 Å². The number of nitrogens with zero attached hydrogens (tertiary/aromatic N) is 4. The minimum atomic E-state index is -4.77. The van der Waals surface area contributed by atoms with Crippen molar-refractivity contribution in [3.8, 4) is 0 Å². The molecular weight excluding hydrogens is 497 g/mol. The second-order valence-electron chi connectivity index (χ2n) is 10.5. The average molecular weight is 531 g/mol. The van der Waals surface area contributed by atoms with Crippen molar-refractivity contribution < 1.29 is 23.1 Å². The Morgan fingerprint density at radius 2 is 1.89 bits per heavy atom. The Kier molecular flexibility index (Phi) is 7.32. The number of carbonyl (C=O) groups excluding carboxylic acids is 1. The predicted octanol–water partition coefficient (Wildman–Crippen LogP) is 3.81. The first-order valence-corrected chi connectivity index (χ1v) is 13.0. The largest absolute Gasteiger partial charge is 0.418 e. The number of alkyl halides is 3. The summed E-state index contributed by atoms with van der Waals surface area (Å²) in [6, 6.07) is 8.85. The number of rotatable bonds is 7. The number of carbonyl (C=O) groups is 1. The third kappa shape index (κ3) is 5.63. The smallest absolute Gasteiger partial charge is 0.379 e. The Hall–Kier alpha value is -3.18. The van der Waals surface area contributed by atoms with Gasteiger partial charge in [0.2, 0.25) is 5.91 Å². The summed E-state index contributed by atoms with van der Waals surface area (Å²) in [4.78, 5) is 19.4. The first-order valence-electron chi connectivity index (χ1n) is 13.0. The van der Waals surface area contributed by atoms with Crippen LogP contribution in [0.2, 0.25) is 0 Å². The van der Waals surface area contributed by atoms with Gasteiger partial charge in [0.25, 0.3) is 0 Å². The molecule has 0 bridgehead atoms. The first-order chi connectivity index (χ1) is 18.1. The van der Waals surface area contributed by atoms with Crippen LogP contribution in [0.5, 0.6) is 0 Å². The molecule has 38 heavy (non-hydrogen) atoms. The quantitative estimate of drug-likeness (QED) is 0.430. The molecule has 1 unspecified atom stereocenters. The van der Waals surface area contributed by atoms with Gasteiger partial charge in [0.15, 0.2) is 11.9 Å². The molecule has 2 fully saturated rings. The van der Waals surface area contributed by atoms with Gasteiger partial charge in [0, 0.05) is 43.5 Å². The van der Waals surface area contributed by atoms with Crippen molar-refractivity contribution >= 4 is 22.6 Å². The number of aliphatic hydroxyl groups excluding tert-OH is 1. The van der Waals surface area contributed by atoms with E-state index in [9.17, 15) is 23.1 Å². The van der Waals surface area contributed by atoms with Crippen LogP contribution < -0.4 is 10.6 Å². The molecule has 5 rings (SSSR count). The number of aliphatic hydroxyl groups is 1. The van der Waals surface area contributed by atoms with Crippen molar-refractivity contribution in [2.75, 3.05) is 25.0 Å². The molecule has 204 valence electrons. The number of likely N-dealkylation sites (tertiary alicyclic amines) is 1. The summed E-state index contributed by atoms with van der Waals surface area (Å²) < 4.78 is 40.4. The Balaban J connectivity index is 1.09. The molecule has 8 nitrogen and oxygen atoms in total. The molecule has 2 aliphatic rings. The Morgan fingerprint density at radius 1 is 1.16 bits per heavy atom. The second-order valence-corrected chi connectivity index (χ2v) is 10.5. The molecule has 1 atom stereocenters. The Bertz CT molecular complexity index is 1280. The standard InChI is InChI=1S/C27H33F3N6O2/c1-16-3-4-19(12-31-16)17-5-8-21(9-6-17)36-14-20(15-36)33-24(37)13-32-26-22-11-18(25(38)27(28,29)30)7-10-23(22)35(2)34-26/h3-4,7,10-12,17,20-21,25,38H,5-6,8-9,13-15H2,1-2H3,(H,32,34)(H,33,37). The van der Waals surface area contributed by atoms with Gasteiger partial charge in [-0.2, -0.15) is 18.3 Å². The van der Waals surface area contributed by atoms with E-state index in [1.165, 1.54) is 28.4 Å². The number of hydrogen-bond donors (Lipinski definition) is 3. The highest BCUT2D eigenvalue weighted by atomic mass is 19.4. The third-order valence-electron chi connectivity index (χ3n) is 7.81. The summed E-state index contributed by atoms with van der Waals surface area (Å²) in [5, 5.41) is 20.3. The lowest BCUT2D eigenvalue weighted by atomic mass is 9.81. The number of aryl methyl sites for hydroxylation is 2. The second kappa shape index (κ2) is 10.5. The van der Waals surface area contributed by atoms with Gasteiger partial charge in [0.05, 0.1) is 18.1 Å². The van der Waals surface area contributed by atoms with Crippen LogP contribution in [-0.4, -0.2) is 68.6 Å². The summed E-state index contributed by atoms with van der Waals surface area (Å²) in [5.41, 5.74) is 2.68. The summed E-state index contributed by atoms with van der Waals surface area (Å²) in [6.45, 7) is 3.58. The van der Waals surface area contributed by atoms with E-state index in [-0.39, 0.29) is 24.1 Å². The van der Waals surface area contributed by atoms with E-state index >= 15 is 0 Å². The molecule has 1 saturated carbocycles. The van der Waals surface area contributed by atoms with Crippen LogP contribution in [0.4, 0.5) is 19.0 Å². The van der Waals surface area contributed by atoms with Gasteiger partial charge in [0.1, 0.15) is 0 Å². The molecule has 3 N–H and O–H groups in total. The number of halogens is 3. The zero-order valence-corrected chi connectivity index (χ0v) is 21.5. The van der Waals surface area contributed by atoms with Gasteiger partial charge in [-0.3, -0.25) is 19.4 Å². The molecule has 3 aromatic rings. The fourth-order valence-corrected chi connectivity index (χ4v) is 5.61. The number of hydrogen-bond acceptors (Lipinski definition) is 6. The van der Waals surface area contributed by atoms with Gasteiger partial charge in [-0.15, -0.1) is 0 Å². The summed E-state index contributed by atoms with van der Waals surface area (Å²) >= 11 is 0. The van der Waals surface area contributed by atoms with Crippen LogP contribution in [0.15, 0.2) is 36.5 Å². The summed E-state index contributed by atoms with van der Waals surface area (Å²) in [5.74, 6) is 0.665. The Labute approximate surface area is 219 Å². The molecule has 0 radical (unpaired) electrons. The number of aromatic nitrogens is 3. The maximum Gasteiger partial charge on any atom is 0.418 e. The van der Waals surface area contributed by atoms with Crippen molar-refractivity contribution in [3.63, 3.8) is 0 Å². The van der Waals surface area contributed by atoms with Crippen molar-refractivity contribution in [1.82, 2.24) is 25.0 Å². The van der Waals surface area contributed by atoms with E-state index in [0.29, 0.717) is 28.7 Å². The van der Waals surface area contributed by atoms with Gasteiger partial charge >= 0.3 is 6.18 Å². The van der Waals surface area contributed by atoms with Crippen LogP contribution in [0.3, 0.4) is 0 Å². The molecule has 1 aliphatic carbocycles. The van der Waals surface area contributed by atoms with Crippen LogP contribution in [0.1, 0.15) is 54.5 Å². The first kappa shape index (κ1) is 26.4. The molecule has 1 aromatic carbocycles. The molecule has 1 aliphatic heterocycles. The molecule has 3 heterocycles. The van der Waals surface area contributed by atoms with Gasteiger partial charge in [-0.05, 0) is 67.9 Å². The van der Waals surface area contributed by atoms with Crippen LogP contribution in [0.25, 0.3) is 10.9 Å². The molecule has 2 aromatic heterocycles. The maximum atomic E-state index is 13.0. The number of nitrogens with one attached hydrogen (secondary N) is 2. The SMILES string of the molecule is Cc1ccc(C2CCC(N3CC(NC(=O)CNc4nn(C)c5ccc(C(O)C(F)(F)F)cc45)C3)CC2)cn1. The lowest BCUT2D eigenvalue weighted by Crippen LogP contribution is -2.63. The van der Waals surface area contributed by atoms with Crippen molar-refractivity contribution in [2.45, 2.75) is 62.9 Å². The zero-order valence-electron chi connectivity index (χ0n) is 21.5. The molecule has 1 saturated heterocycles. The van der Waals surface area contributed by atoms with Crippen LogP contribution in [-0.2, 0) is 11.8 Å². The van der Waals surface area contributed by atoms with Crippen molar-refractivity contribution in [1.29, 1.82) is 0 Å². The number of fused-ring (bicyclic) bond motifs is 1.